The highest BCUT2D eigenvalue weighted by Gasteiger charge is 2.24. The van der Waals surface area contributed by atoms with E-state index in [1.54, 1.807) is 49.8 Å². The summed E-state index contributed by atoms with van der Waals surface area (Å²) in [5, 5.41) is 11.4. The summed E-state index contributed by atoms with van der Waals surface area (Å²) in [6.45, 7) is 6.64. The zero-order valence-corrected chi connectivity index (χ0v) is 18.6. The number of pyridine rings is 1. The molecule has 1 unspecified atom stereocenters. The highest BCUT2D eigenvalue weighted by Crippen LogP contribution is 2.12. The molecule has 0 aliphatic carbocycles. The molecule has 8 nitrogen and oxygen atoms in total. The Bertz CT molecular complexity index is 1080. The number of aromatic nitrogens is 1. The van der Waals surface area contributed by atoms with Gasteiger partial charge in [-0.05, 0) is 54.2 Å². The number of morpholine rings is 1. The number of nitrogens with zero attached hydrogens (tertiary/aromatic N) is 2. The van der Waals surface area contributed by atoms with E-state index in [9.17, 15) is 9.59 Å². The van der Waals surface area contributed by atoms with Gasteiger partial charge in [0.05, 0.1) is 13.2 Å². The molecule has 1 aliphatic heterocycles. The minimum Gasteiger partial charge on any atom is -0.378 e. The first-order valence-electron chi connectivity index (χ1n) is 10.6. The predicted molar refractivity (Wildman–Crippen MR) is 123 cm³/mol. The molecule has 3 N–H and O–H groups in total. The molecule has 0 radical (unpaired) electrons. The number of rotatable bonds is 5. The zero-order valence-electron chi connectivity index (χ0n) is 18.6. The molecule has 2 aromatic rings. The van der Waals surface area contributed by atoms with Crippen LogP contribution in [-0.4, -0.2) is 54.4 Å². The maximum absolute atomic E-state index is 12.4. The molecular formula is C25H26N4O4. The van der Waals surface area contributed by atoms with Crippen LogP contribution in [0.15, 0.2) is 42.6 Å². The number of hydrogen-bond acceptors (Lipinski definition) is 6. The molecule has 8 heteroatoms. The minimum absolute atomic E-state index is 0.185. The summed E-state index contributed by atoms with van der Waals surface area (Å²) < 4.78 is 5.35. The van der Waals surface area contributed by atoms with Crippen LogP contribution in [0.2, 0.25) is 0 Å². The number of ether oxygens (including phenoxy) is 1. The second-order valence-electron chi connectivity index (χ2n) is 7.75. The molecule has 1 aromatic heterocycles. The van der Waals surface area contributed by atoms with E-state index in [0.717, 1.165) is 24.5 Å². The Morgan fingerprint density at radius 2 is 1.67 bits per heavy atom. The molecule has 1 fully saturated rings. The number of benzene rings is 1. The molecule has 0 bridgehead atoms. The van der Waals surface area contributed by atoms with Gasteiger partial charge in [0.25, 0.3) is 11.8 Å². The lowest BCUT2D eigenvalue weighted by atomic mass is 10.0. The normalized spacial score (nSPS) is 13.8. The Labute approximate surface area is 193 Å². The van der Waals surface area contributed by atoms with Crippen LogP contribution in [0.5, 0.6) is 0 Å². The second-order valence-corrected chi connectivity index (χ2v) is 7.75. The summed E-state index contributed by atoms with van der Waals surface area (Å²) in [5.41, 5.74) is 3.44. The number of amides is 2. The average molecular weight is 447 g/mol. The van der Waals surface area contributed by atoms with Crippen LogP contribution in [0, 0.1) is 29.6 Å². The van der Waals surface area contributed by atoms with E-state index in [1.165, 1.54) is 0 Å². The maximum atomic E-state index is 12.4. The van der Waals surface area contributed by atoms with Gasteiger partial charge in [-0.15, -0.1) is 0 Å². The Kier molecular flexibility index (Phi) is 8.43. The van der Waals surface area contributed by atoms with E-state index in [0.29, 0.717) is 24.3 Å². The van der Waals surface area contributed by atoms with Crippen LogP contribution >= 0.6 is 0 Å². The fraction of sp³-hybridized carbons (Fsp3) is 0.320. The van der Waals surface area contributed by atoms with Gasteiger partial charge in [0.2, 0.25) is 0 Å². The lowest BCUT2D eigenvalue weighted by Crippen LogP contribution is -2.48. The molecule has 2 heterocycles. The lowest BCUT2D eigenvalue weighted by Gasteiger charge is -2.27. The summed E-state index contributed by atoms with van der Waals surface area (Å²) in [4.78, 5) is 30.7. The van der Waals surface area contributed by atoms with Crippen molar-refractivity contribution in [3.05, 3.63) is 59.3 Å². The zero-order chi connectivity index (χ0) is 23.6. The summed E-state index contributed by atoms with van der Waals surface area (Å²) in [6.07, 6.45) is 1.73. The van der Waals surface area contributed by atoms with Crippen molar-refractivity contribution in [2.24, 2.45) is 5.92 Å². The van der Waals surface area contributed by atoms with Crippen molar-refractivity contribution in [2.75, 3.05) is 31.2 Å². The van der Waals surface area contributed by atoms with Crippen molar-refractivity contribution >= 4 is 17.6 Å². The van der Waals surface area contributed by atoms with Crippen molar-refractivity contribution in [1.29, 1.82) is 0 Å². The third kappa shape index (κ3) is 6.81. The van der Waals surface area contributed by atoms with Gasteiger partial charge in [-0.25, -0.2) is 10.5 Å². The van der Waals surface area contributed by atoms with Gasteiger partial charge in [0.15, 0.2) is 0 Å². The minimum atomic E-state index is -0.838. The van der Waals surface area contributed by atoms with Gasteiger partial charge >= 0.3 is 0 Å². The molecule has 1 saturated heterocycles. The van der Waals surface area contributed by atoms with Crippen molar-refractivity contribution in [1.82, 2.24) is 15.8 Å². The molecule has 3 rings (SSSR count). The Hall–Kier alpha value is -3.85. The van der Waals surface area contributed by atoms with Gasteiger partial charge in [0.1, 0.15) is 11.9 Å². The van der Waals surface area contributed by atoms with E-state index < -0.39 is 17.9 Å². The quantitative estimate of drug-likeness (QED) is 0.366. The number of carbonyl (C=O) groups excluding carboxylic acids is 2. The monoisotopic (exact) mass is 446 g/mol. The van der Waals surface area contributed by atoms with Gasteiger partial charge in [0, 0.05) is 36.0 Å². The first-order chi connectivity index (χ1) is 16.0. The van der Waals surface area contributed by atoms with Gasteiger partial charge in [-0.2, -0.15) is 0 Å². The largest absolute Gasteiger partial charge is 0.378 e. The standard InChI is InChI=1S/C25H26N4O4/c1-18(2)23(25(31)28-32)27-24(30)21-10-7-19(8-11-21)5-3-4-6-20-9-12-22(26-17-20)29-13-15-33-16-14-29/h7-12,17-18,23,32H,13-16H2,1-2H3,(H,27,30)(H,28,31). The number of nitrogens with one attached hydrogen (secondary N) is 2. The van der Waals surface area contributed by atoms with E-state index in [2.05, 4.69) is 38.9 Å². The van der Waals surface area contributed by atoms with Gasteiger partial charge < -0.3 is 15.0 Å². The number of carbonyl (C=O) groups is 2. The molecule has 1 aliphatic rings. The molecule has 1 atom stereocenters. The summed E-state index contributed by atoms with van der Waals surface area (Å²) in [6, 6.07) is 9.68. The third-order valence-corrected chi connectivity index (χ3v) is 5.05. The fourth-order valence-corrected chi connectivity index (χ4v) is 3.18. The molecule has 1 aromatic carbocycles. The van der Waals surface area contributed by atoms with Crippen LogP contribution in [-0.2, 0) is 9.53 Å². The second kappa shape index (κ2) is 11.7. The number of hydrogen-bond donors (Lipinski definition) is 3. The van der Waals surface area contributed by atoms with Crippen LogP contribution in [0.1, 0.15) is 35.3 Å². The molecule has 170 valence electrons. The molecule has 33 heavy (non-hydrogen) atoms. The van der Waals surface area contributed by atoms with Gasteiger partial charge in [-0.1, -0.05) is 25.7 Å². The predicted octanol–water partition coefficient (Wildman–Crippen LogP) is 1.58. The molecule has 2 amide bonds. The summed E-state index contributed by atoms with van der Waals surface area (Å²) >= 11 is 0. The fourth-order valence-electron chi connectivity index (χ4n) is 3.18. The highest BCUT2D eigenvalue weighted by molar-refractivity contribution is 5.97. The smallest absolute Gasteiger partial charge is 0.266 e. The van der Waals surface area contributed by atoms with E-state index in [4.69, 9.17) is 9.94 Å². The van der Waals surface area contributed by atoms with Crippen molar-refractivity contribution in [3.8, 4) is 23.7 Å². The number of anilines is 1. The molecule has 0 spiro atoms. The summed E-state index contributed by atoms with van der Waals surface area (Å²) in [5.74, 6) is 11.2. The topological polar surface area (TPSA) is 104 Å². The van der Waals surface area contributed by atoms with E-state index >= 15 is 0 Å². The maximum Gasteiger partial charge on any atom is 0.266 e. The highest BCUT2D eigenvalue weighted by atomic mass is 16.5. The van der Waals surface area contributed by atoms with E-state index in [1.807, 2.05) is 12.1 Å². The average Bonchev–Trinajstić information content (AvgIpc) is 2.85. The Balaban J connectivity index is 1.58. The SMILES string of the molecule is CC(C)C(NC(=O)c1ccc(C#CC#Cc2ccc(N3CCOCC3)nc2)cc1)C(=O)NO. The molecule has 0 saturated carbocycles. The molecular weight excluding hydrogens is 420 g/mol. The summed E-state index contributed by atoms with van der Waals surface area (Å²) in [7, 11) is 0. The van der Waals surface area contributed by atoms with Crippen LogP contribution < -0.4 is 15.7 Å². The van der Waals surface area contributed by atoms with Crippen LogP contribution in [0.4, 0.5) is 5.82 Å². The number of hydroxylamine groups is 1. The van der Waals surface area contributed by atoms with Gasteiger partial charge in [-0.3, -0.25) is 14.8 Å². The van der Waals surface area contributed by atoms with Crippen LogP contribution in [0.3, 0.4) is 0 Å². The first-order valence-corrected chi connectivity index (χ1v) is 10.6. The van der Waals surface area contributed by atoms with Crippen molar-refractivity contribution < 1.29 is 19.5 Å². The Morgan fingerprint density at radius 3 is 2.24 bits per heavy atom. The lowest BCUT2D eigenvalue weighted by molar-refractivity contribution is -0.132. The van der Waals surface area contributed by atoms with Crippen molar-refractivity contribution in [3.63, 3.8) is 0 Å². The Morgan fingerprint density at radius 1 is 1.03 bits per heavy atom. The third-order valence-electron chi connectivity index (χ3n) is 5.05. The van der Waals surface area contributed by atoms with Crippen molar-refractivity contribution in [2.45, 2.75) is 19.9 Å². The van der Waals surface area contributed by atoms with Crippen LogP contribution in [0.25, 0.3) is 0 Å². The first kappa shape index (κ1) is 23.8. The van der Waals surface area contributed by atoms with E-state index in [-0.39, 0.29) is 5.92 Å².